The summed E-state index contributed by atoms with van der Waals surface area (Å²) in [4.78, 5) is 12.7. The molecule has 3 rings (SSSR count). The zero-order valence-corrected chi connectivity index (χ0v) is 17.8. The lowest BCUT2D eigenvalue weighted by atomic mass is 10.1. The van der Waals surface area contributed by atoms with Gasteiger partial charge in [0.05, 0.1) is 12.8 Å². The van der Waals surface area contributed by atoms with Crippen LogP contribution in [0.4, 0.5) is 5.69 Å². The first kappa shape index (κ1) is 21.2. The maximum Gasteiger partial charge on any atom is 0.266 e. The molecule has 1 N–H and O–H groups in total. The second-order valence-corrected chi connectivity index (χ2v) is 7.20. The molecule has 0 fully saturated rings. The number of benzene rings is 3. The summed E-state index contributed by atoms with van der Waals surface area (Å²) in [5, 5.41) is 12.3. The maximum atomic E-state index is 12.7. The highest BCUT2D eigenvalue weighted by atomic mass is 79.9. The number of hydrogen-bond donors (Lipinski definition) is 1. The van der Waals surface area contributed by atoms with Gasteiger partial charge in [-0.1, -0.05) is 58.4 Å². The minimum Gasteiger partial charge on any atom is -0.495 e. The molecule has 0 radical (unpaired) electrons. The van der Waals surface area contributed by atoms with Gasteiger partial charge < -0.3 is 14.8 Å². The third-order valence-corrected chi connectivity index (χ3v) is 4.72. The molecule has 0 saturated carbocycles. The first-order chi connectivity index (χ1) is 14.6. The van der Waals surface area contributed by atoms with Crippen molar-refractivity contribution in [2.45, 2.75) is 6.61 Å². The molecule has 0 saturated heterocycles. The lowest BCUT2D eigenvalue weighted by Gasteiger charge is -2.11. The van der Waals surface area contributed by atoms with Crippen LogP contribution < -0.4 is 14.8 Å². The van der Waals surface area contributed by atoms with Gasteiger partial charge in [0.25, 0.3) is 5.91 Å². The van der Waals surface area contributed by atoms with E-state index >= 15 is 0 Å². The Labute approximate surface area is 183 Å². The summed E-state index contributed by atoms with van der Waals surface area (Å²) in [6, 6.07) is 24.2. The standard InChI is InChI=1S/C24H19BrN2O3/c1-29-23-10-6-5-9-21(23)27-24(28)19(15-26)13-18-14-20(25)11-12-22(18)30-16-17-7-3-2-4-8-17/h2-14H,16H2,1H3,(H,27,28)/b19-13+. The normalized spacial score (nSPS) is 10.8. The minimum absolute atomic E-state index is 0.0523. The molecule has 0 aliphatic heterocycles. The third kappa shape index (κ3) is 5.49. The number of anilines is 1. The Balaban J connectivity index is 1.84. The molecule has 0 bridgehead atoms. The van der Waals surface area contributed by atoms with Gasteiger partial charge in [-0.05, 0) is 42.0 Å². The molecule has 0 atom stereocenters. The molecule has 0 aliphatic carbocycles. The Morgan fingerprint density at radius 2 is 1.80 bits per heavy atom. The number of rotatable bonds is 7. The highest BCUT2D eigenvalue weighted by molar-refractivity contribution is 9.10. The smallest absolute Gasteiger partial charge is 0.266 e. The zero-order valence-electron chi connectivity index (χ0n) is 16.3. The number of nitrogens with zero attached hydrogens (tertiary/aromatic N) is 1. The zero-order chi connectivity index (χ0) is 21.3. The van der Waals surface area contributed by atoms with Gasteiger partial charge in [-0.3, -0.25) is 4.79 Å². The Morgan fingerprint density at radius 1 is 1.07 bits per heavy atom. The van der Waals surface area contributed by atoms with Crippen LogP contribution in [0.15, 0.2) is 82.8 Å². The van der Waals surface area contributed by atoms with Gasteiger partial charge >= 0.3 is 0 Å². The summed E-state index contributed by atoms with van der Waals surface area (Å²) >= 11 is 3.43. The molecule has 3 aromatic rings. The average Bonchev–Trinajstić information content (AvgIpc) is 2.77. The average molecular weight is 463 g/mol. The quantitative estimate of drug-likeness (QED) is 0.367. The number of hydrogen-bond acceptors (Lipinski definition) is 4. The fourth-order valence-corrected chi connectivity index (χ4v) is 3.12. The van der Waals surface area contributed by atoms with Crippen molar-refractivity contribution in [3.8, 4) is 17.6 Å². The van der Waals surface area contributed by atoms with Crippen molar-refractivity contribution in [1.82, 2.24) is 0 Å². The van der Waals surface area contributed by atoms with Crippen molar-refractivity contribution in [2.75, 3.05) is 12.4 Å². The van der Waals surface area contributed by atoms with Gasteiger partial charge in [-0.15, -0.1) is 0 Å². The van der Waals surface area contributed by atoms with E-state index in [1.54, 1.807) is 36.4 Å². The van der Waals surface area contributed by atoms with Crippen LogP contribution >= 0.6 is 15.9 Å². The summed E-state index contributed by atoms with van der Waals surface area (Å²) in [5.74, 6) is 0.549. The molecule has 150 valence electrons. The second kappa shape index (κ2) is 10.3. The monoisotopic (exact) mass is 462 g/mol. The predicted molar refractivity (Wildman–Crippen MR) is 120 cm³/mol. The highest BCUT2D eigenvalue weighted by Gasteiger charge is 2.14. The Bertz CT molecular complexity index is 1100. The van der Waals surface area contributed by atoms with Crippen molar-refractivity contribution < 1.29 is 14.3 Å². The van der Waals surface area contributed by atoms with Crippen molar-refractivity contribution in [3.63, 3.8) is 0 Å². The molecular weight excluding hydrogens is 444 g/mol. The lowest BCUT2D eigenvalue weighted by molar-refractivity contribution is -0.112. The van der Waals surface area contributed by atoms with Crippen LogP contribution in [0.1, 0.15) is 11.1 Å². The van der Waals surface area contributed by atoms with Crippen molar-refractivity contribution in [1.29, 1.82) is 5.26 Å². The van der Waals surface area contributed by atoms with E-state index < -0.39 is 5.91 Å². The van der Waals surface area contributed by atoms with Gasteiger partial charge in [0.2, 0.25) is 0 Å². The van der Waals surface area contributed by atoms with Crippen LogP contribution in [-0.2, 0) is 11.4 Å². The summed E-state index contributed by atoms with van der Waals surface area (Å²) in [7, 11) is 1.52. The molecule has 0 aromatic heterocycles. The molecule has 6 heteroatoms. The summed E-state index contributed by atoms with van der Waals surface area (Å²) < 4.78 is 12.0. The van der Waals surface area contributed by atoms with Gasteiger partial charge in [-0.25, -0.2) is 0 Å². The van der Waals surface area contributed by atoms with E-state index in [1.807, 2.05) is 42.5 Å². The molecule has 5 nitrogen and oxygen atoms in total. The van der Waals surface area contributed by atoms with E-state index in [1.165, 1.54) is 13.2 Å². The van der Waals surface area contributed by atoms with Crippen LogP contribution in [0, 0.1) is 11.3 Å². The van der Waals surface area contributed by atoms with E-state index in [-0.39, 0.29) is 5.57 Å². The Hall–Kier alpha value is -3.56. The van der Waals surface area contributed by atoms with E-state index in [4.69, 9.17) is 9.47 Å². The van der Waals surface area contributed by atoms with Crippen LogP contribution in [0.5, 0.6) is 11.5 Å². The lowest BCUT2D eigenvalue weighted by Crippen LogP contribution is -2.14. The third-order valence-electron chi connectivity index (χ3n) is 4.23. The van der Waals surface area contributed by atoms with E-state index in [9.17, 15) is 10.1 Å². The number of para-hydroxylation sites is 2. The molecule has 30 heavy (non-hydrogen) atoms. The van der Waals surface area contributed by atoms with Gasteiger partial charge in [0, 0.05) is 10.0 Å². The van der Waals surface area contributed by atoms with E-state index in [0.29, 0.717) is 29.4 Å². The van der Waals surface area contributed by atoms with Gasteiger partial charge in [0.1, 0.15) is 29.7 Å². The summed E-state index contributed by atoms with van der Waals surface area (Å²) in [5.41, 5.74) is 2.07. The molecule has 0 unspecified atom stereocenters. The Kier molecular flexibility index (Phi) is 7.25. The van der Waals surface area contributed by atoms with Crippen molar-refractivity contribution in [2.24, 2.45) is 0 Å². The summed E-state index contributed by atoms with van der Waals surface area (Å²) in [6.07, 6.45) is 1.51. The number of nitriles is 1. The Morgan fingerprint density at radius 3 is 2.53 bits per heavy atom. The largest absolute Gasteiger partial charge is 0.495 e. The maximum absolute atomic E-state index is 12.7. The molecule has 0 heterocycles. The fraction of sp³-hybridized carbons (Fsp3) is 0.0833. The van der Waals surface area contributed by atoms with Crippen LogP contribution in [0.2, 0.25) is 0 Å². The highest BCUT2D eigenvalue weighted by Crippen LogP contribution is 2.28. The molecule has 0 spiro atoms. The number of halogens is 1. The first-order valence-corrected chi connectivity index (χ1v) is 9.92. The van der Waals surface area contributed by atoms with Crippen molar-refractivity contribution >= 4 is 33.6 Å². The number of amides is 1. The van der Waals surface area contributed by atoms with Crippen molar-refractivity contribution in [3.05, 3.63) is 94.0 Å². The molecule has 1 amide bonds. The first-order valence-electron chi connectivity index (χ1n) is 9.13. The van der Waals surface area contributed by atoms with E-state index in [0.717, 1.165) is 10.0 Å². The molecule has 3 aromatic carbocycles. The number of methoxy groups -OCH3 is 1. The van der Waals surface area contributed by atoms with Crippen LogP contribution in [0.3, 0.4) is 0 Å². The predicted octanol–water partition coefficient (Wildman–Crippen LogP) is 5.58. The van der Waals surface area contributed by atoms with Crippen LogP contribution in [0.25, 0.3) is 6.08 Å². The SMILES string of the molecule is COc1ccccc1NC(=O)/C(C#N)=C/c1cc(Br)ccc1OCc1ccccc1. The topological polar surface area (TPSA) is 71.3 Å². The fourth-order valence-electron chi connectivity index (χ4n) is 2.74. The second-order valence-electron chi connectivity index (χ2n) is 6.28. The molecule has 0 aliphatic rings. The van der Waals surface area contributed by atoms with Gasteiger partial charge in [-0.2, -0.15) is 5.26 Å². The number of ether oxygens (including phenoxy) is 2. The van der Waals surface area contributed by atoms with Gasteiger partial charge in [0.15, 0.2) is 0 Å². The number of carbonyl (C=O) groups is 1. The number of nitrogens with one attached hydrogen (secondary N) is 1. The van der Waals surface area contributed by atoms with E-state index in [2.05, 4.69) is 21.2 Å². The molecular formula is C24H19BrN2O3. The number of carbonyl (C=O) groups excluding carboxylic acids is 1. The summed E-state index contributed by atoms with van der Waals surface area (Å²) in [6.45, 7) is 0.374. The van der Waals surface area contributed by atoms with Crippen LogP contribution in [-0.4, -0.2) is 13.0 Å². The minimum atomic E-state index is -0.531.